The monoisotopic (exact) mass is 263 g/mol. The zero-order valence-electron chi connectivity index (χ0n) is 13.5. The minimum atomic E-state index is -0.216. The second-order valence-corrected chi connectivity index (χ2v) is 6.63. The van der Waals surface area contributed by atoms with Gasteiger partial charge in [0, 0.05) is 6.61 Å². The number of rotatable bonds is 5. The van der Waals surface area contributed by atoms with E-state index in [-0.39, 0.29) is 17.1 Å². The van der Waals surface area contributed by atoms with Gasteiger partial charge in [-0.1, -0.05) is 45.0 Å². The van der Waals surface area contributed by atoms with Gasteiger partial charge in [-0.3, -0.25) is 0 Å². The average Bonchev–Trinajstić information content (AvgIpc) is 2.28. The smallest absolute Gasteiger partial charge is 0.0820 e. The molecule has 19 heavy (non-hydrogen) atoms. The highest BCUT2D eigenvalue weighted by Gasteiger charge is 2.30. The molecule has 0 aliphatic rings. The Morgan fingerprint density at radius 3 is 1.95 bits per heavy atom. The van der Waals surface area contributed by atoms with E-state index in [0.29, 0.717) is 0 Å². The summed E-state index contributed by atoms with van der Waals surface area (Å²) >= 11 is 0. The van der Waals surface area contributed by atoms with E-state index < -0.39 is 0 Å². The summed E-state index contributed by atoms with van der Waals surface area (Å²) in [6.07, 6.45) is 0. The van der Waals surface area contributed by atoms with E-state index in [1.165, 1.54) is 11.1 Å². The first-order chi connectivity index (χ1) is 8.72. The minimum Gasteiger partial charge on any atom is -0.374 e. The van der Waals surface area contributed by atoms with Gasteiger partial charge in [0.1, 0.15) is 0 Å². The quantitative estimate of drug-likeness (QED) is 0.865. The molecular weight excluding hydrogens is 234 g/mol. The van der Waals surface area contributed by atoms with Crippen molar-refractivity contribution < 1.29 is 4.74 Å². The van der Waals surface area contributed by atoms with Crippen LogP contribution in [0.2, 0.25) is 0 Å². The summed E-state index contributed by atoms with van der Waals surface area (Å²) in [5, 5.41) is 3.38. The highest BCUT2D eigenvalue weighted by atomic mass is 16.5. The third-order valence-corrected chi connectivity index (χ3v) is 3.61. The molecule has 2 heteroatoms. The topological polar surface area (TPSA) is 21.3 Å². The fraction of sp³-hybridized carbons (Fsp3) is 0.647. The van der Waals surface area contributed by atoms with Crippen molar-refractivity contribution in [3.8, 4) is 0 Å². The molecule has 0 amide bonds. The number of ether oxygens (including phenoxy) is 1. The summed E-state index contributed by atoms with van der Waals surface area (Å²) in [5.41, 5.74) is 2.62. The van der Waals surface area contributed by atoms with Crippen LogP contribution in [0.25, 0.3) is 0 Å². The van der Waals surface area contributed by atoms with E-state index >= 15 is 0 Å². The molecule has 1 aromatic carbocycles. The van der Waals surface area contributed by atoms with Gasteiger partial charge in [-0.05, 0) is 44.4 Å². The first kappa shape index (κ1) is 16.2. The molecule has 0 aromatic heterocycles. The lowest BCUT2D eigenvalue weighted by Gasteiger charge is -2.34. The Kier molecular flexibility index (Phi) is 5.17. The SMILES string of the molecule is CCOC(C)(C)C(NC)c1ccc(C(C)(C)C)cc1. The van der Waals surface area contributed by atoms with Gasteiger partial charge in [0.05, 0.1) is 11.6 Å². The molecule has 1 unspecified atom stereocenters. The summed E-state index contributed by atoms with van der Waals surface area (Å²) in [6, 6.07) is 9.07. The molecule has 1 aromatic rings. The summed E-state index contributed by atoms with van der Waals surface area (Å²) < 4.78 is 5.87. The minimum absolute atomic E-state index is 0.196. The third-order valence-electron chi connectivity index (χ3n) is 3.61. The summed E-state index contributed by atoms with van der Waals surface area (Å²) in [4.78, 5) is 0. The summed E-state index contributed by atoms with van der Waals surface area (Å²) in [7, 11) is 1.99. The highest BCUT2D eigenvalue weighted by molar-refractivity contribution is 5.30. The maximum Gasteiger partial charge on any atom is 0.0820 e. The zero-order valence-corrected chi connectivity index (χ0v) is 13.5. The van der Waals surface area contributed by atoms with Crippen molar-refractivity contribution in [2.45, 2.75) is 58.6 Å². The first-order valence-corrected chi connectivity index (χ1v) is 7.14. The Hall–Kier alpha value is -0.860. The van der Waals surface area contributed by atoms with Gasteiger partial charge in [-0.2, -0.15) is 0 Å². The maximum absolute atomic E-state index is 5.87. The van der Waals surface area contributed by atoms with Crippen LogP contribution >= 0.6 is 0 Å². The van der Waals surface area contributed by atoms with Crippen molar-refractivity contribution in [1.29, 1.82) is 0 Å². The predicted octanol–water partition coefficient (Wildman–Crippen LogP) is 4.06. The van der Waals surface area contributed by atoms with Crippen LogP contribution < -0.4 is 5.32 Å². The molecule has 0 heterocycles. The van der Waals surface area contributed by atoms with Crippen LogP contribution in [0.5, 0.6) is 0 Å². The fourth-order valence-corrected chi connectivity index (χ4v) is 2.55. The molecule has 0 aliphatic carbocycles. The summed E-state index contributed by atoms with van der Waals surface area (Å²) in [5.74, 6) is 0. The molecule has 0 saturated carbocycles. The molecule has 1 atom stereocenters. The largest absolute Gasteiger partial charge is 0.374 e. The van der Waals surface area contributed by atoms with Crippen molar-refractivity contribution in [1.82, 2.24) is 5.32 Å². The van der Waals surface area contributed by atoms with Gasteiger partial charge in [0.15, 0.2) is 0 Å². The third kappa shape index (κ3) is 4.05. The molecule has 0 bridgehead atoms. The van der Waals surface area contributed by atoms with Gasteiger partial charge in [-0.15, -0.1) is 0 Å². The number of nitrogens with one attached hydrogen (secondary N) is 1. The first-order valence-electron chi connectivity index (χ1n) is 7.14. The van der Waals surface area contributed by atoms with Gasteiger partial charge in [0.25, 0.3) is 0 Å². The maximum atomic E-state index is 5.87. The summed E-state index contributed by atoms with van der Waals surface area (Å²) in [6.45, 7) is 13.7. The molecule has 108 valence electrons. The molecule has 0 radical (unpaired) electrons. The molecule has 1 rings (SSSR count). The lowest BCUT2D eigenvalue weighted by molar-refractivity contribution is -0.0374. The lowest BCUT2D eigenvalue weighted by atomic mass is 9.84. The Morgan fingerprint density at radius 1 is 1.05 bits per heavy atom. The number of hydrogen-bond acceptors (Lipinski definition) is 2. The van der Waals surface area contributed by atoms with Crippen molar-refractivity contribution in [3.63, 3.8) is 0 Å². The van der Waals surface area contributed by atoms with Crippen molar-refractivity contribution in [3.05, 3.63) is 35.4 Å². The van der Waals surface area contributed by atoms with Crippen molar-refractivity contribution in [2.24, 2.45) is 0 Å². The molecular formula is C17H29NO. The Bertz CT molecular complexity index is 387. The van der Waals surface area contributed by atoms with Crippen LogP contribution in [0.3, 0.4) is 0 Å². The number of benzene rings is 1. The average molecular weight is 263 g/mol. The highest BCUT2D eigenvalue weighted by Crippen LogP contribution is 2.30. The number of likely N-dealkylation sites (N-methyl/N-ethyl adjacent to an activating group) is 1. The molecule has 0 fully saturated rings. The molecule has 0 aliphatic heterocycles. The number of hydrogen-bond donors (Lipinski definition) is 1. The molecule has 2 nitrogen and oxygen atoms in total. The molecule has 0 saturated heterocycles. The van der Waals surface area contributed by atoms with E-state index in [9.17, 15) is 0 Å². The van der Waals surface area contributed by atoms with Crippen LogP contribution in [0, 0.1) is 0 Å². The normalized spacial score (nSPS) is 14.5. The van der Waals surface area contributed by atoms with Crippen LogP contribution in [-0.4, -0.2) is 19.3 Å². The van der Waals surface area contributed by atoms with Gasteiger partial charge < -0.3 is 10.1 Å². The van der Waals surface area contributed by atoms with Crippen molar-refractivity contribution >= 4 is 0 Å². The standard InChI is InChI=1S/C17H29NO/c1-8-19-17(5,6)15(18-7)13-9-11-14(12-10-13)16(2,3)4/h9-12,15,18H,8H2,1-7H3. The van der Waals surface area contributed by atoms with E-state index in [1.807, 2.05) is 14.0 Å². The van der Waals surface area contributed by atoms with Gasteiger partial charge in [0.2, 0.25) is 0 Å². The van der Waals surface area contributed by atoms with Crippen LogP contribution in [0.1, 0.15) is 58.7 Å². The molecule has 1 N–H and O–H groups in total. The Morgan fingerprint density at radius 2 is 1.58 bits per heavy atom. The van der Waals surface area contributed by atoms with E-state index in [1.54, 1.807) is 0 Å². The van der Waals surface area contributed by atoms with E-state index in [4.69, 9.17) is 4.74 Å². The van der Waals surface area contributed by atoms with E-state index in [0.717, 1.165) is 6.61 Å². The van der Waals surface area contributed by atoms with Gasteiger partial charge in [-0.25, -0.2) is 0 Å². The van der Waals surface area contributed by atoms with E-state index in [2.05, 4.69) is 64.2 Å². The molecule has 0 spiro atoms. The fourth-order valence-electron chi connectivity index (χ4n) is 2.55. The second kappa shape index (κ2) is 6.06. The predicted molar refractivity (Wildman–Crippen MR) is 82.6 cm³/mol. The Balaban J connectivity index is 3.01. The Labute approximate surface area is 118 Å². The van der Waals surface area contributed by atoms with Crippen LogP contribution in [0.15, 0.2) is 24.3 Å². The van der Waals surface area contributed by atoms with Crippen molar-refractivity contribution in [2.75, 3.05) is 13.7 Å². The van der Waals surface area contributed by atoms with Crippen LogP contribution in [0.4, 0.5) is 0 Å². The lowest BCUT2D eigenvalue weighted by Crippen LogP contribution is -2.40. The van der Waals surface area contributed by atoms with Crippen LogP contribution in [-0.2, 0) is 10.2 Å². The zero-order chi connectivity index (χ0) is 14.7. The second-order valence-electron chi connectivity index (χ2n) is 6.63. The van der Waals surface area contributed by atoms with Gasteiger partial charge >= 0.3 is 0 Å².